The minimum atomic E-state index is 0.0115. The standard InChI is InChI=1S/C8H16BrNO/c1-4-5-6-7(9)8(11)10(2)3/h7H,4-6H2,1-3H3. The second kappa shape index (κ2) is 5.58. The van der Waals surface area contributed by atoms with Gasteiger partial charge >= 0.3 is 0 Å². The SMILES string of the molecule is CCCCC(Br)C(=O)N(C)C. The topological polar surface area (TPSA) is 20.3 Å². The third-order valence-corrected chi connectivity index (χ3v) is 2.37. The van der Waals surface area contributed by atoms with E-state index in [0.717, 1.165) is 19.3 Å². The van der Waals surface area contributed by atoms with Crippen molar-refractivity contribution in [3.05, 3.63) is 0 Å². The van der Waals surface area contributed by atoms with Crippen LogP contribution >= 0.6 is 15.9 Å². The van der Waals surface area contributed by atoms with Gasteiger partial charge < -0.3 is 4.90 Å². The third kappa shape index (κ3) is 4.40. The molecule has 1 unspecified atom stereocenters. The lowest BCUT2D eigenvalue weighted by Gasteiger charge is -2.14. The van der Waals surface area contributed by atoms with Crippen molar-refractivity contribution in [2.75, 3.05) is 14.1 Å². The highest BCUT2D eigenvalue weighted by Crippen LogP contribution is 2.11. The molecule has 0 saturated heterocycles. The van der Waals surface area contributed by atoms with Crippen LogP contribution in [0.4, 0.5) is 0 Å². The van der Waals surface area contributed by atoms with Gasteiger partial charge in [0, 0.05) is 14.1 Å². The average molecular weight is 222 g/mol. The predicted molar refractivity (Wildman–Crippen MR) is 50.9 cm³/mol. The second-order valence-electron chi connectivity index (χ2n) is 2.84. The van der Waals surface area contributed by atoms with Crippen LogP contribution in [-0.2, 0) is 4.79 Å². The first-order chi connectivity index (χ1) is 5.09. The van der Waals surface area contributed by atoms with E-state index in [0.29, 0.717) is 0 Å². The molecule has 0 fully saturated rings. The van der Waals surface area contributed by atoms with Gasteiger partial charge in [0.1, 0.15) is 0 Å². The highest BCUT2D eigenvalue weighted by molar-refractivity contribution is 9.10. The molecule has 3 heteroatoms. The van der Waals surface area contributed by atoms with E-state index in [4.69, 9.17) is 0 Å². The number of alkyl halides is 1. The van der Waals surface area contributed by atoms with Crippen LogP contribution in [-0.4, -0.2) is 29.7 Å². The Bertz CT molecular complexity index is 125. The zero-order valence-electron chi connectivity index (χ0n) is 7.43. The van der Waals surface area contributed by atoms with Gasteiger partial charge in [0.05, 0.1) is 4.83 Å². The van der Waals surface area contributed by atoms with Gasteiger partial charge in [0.25, 0.3) is 0 Å². The van der Waals surface area contributed by atoms with E-state index in [1.165, 1.54) is 0 Å². The number of nitrogens with zero attached hydrogens (tertiary/aromatic N) is 1. The van der Waals surface area contributed by atoms with Crippen molar-refractivity contribution in [2.45, 2.75) is 31.0 Å². The van der Waals surface area contributed by atoms with Crippen LogP contribution in [0.2, 0.25) is 0 Å². The van der Waals surface area contributed by atoms with Gasteiger partial charge in [-0.15, -0.1) is 0 Å². The van der Waals surface area contributed by atoms with Gasteiger partial charge in [-0.3, -0.25) is 4.79 Å². The molecule has 1 atom stereocenters. The summed E-state index contributed by atoms with van der Waals surface area (Å²) >= 11 is 3.35. The smallest absolute Gasteiger partial charge is 0.235 e. The van der Waals surface area contributed by atoms with Gasteiger partial charge in [-0.05, 0) is 6.42 Å². The lowest BCUT2D eigenvalue weighted by Crippen LogP contribution is -2.29. The van der Waals surface area contributed by atoms with Gasteiger partial charge in [-0.25, -0.2) is 0 Å². The number of halogens is 1. The first-order valence-corrected chi connectivity index (χ1v) is 4.86. The normalized spacial score (nSPS) is 12.7. The molecule has 0 spiro atoms. The van der Waals surface area contributed by atoms with Crippen LogP contribution in [0, 0.1) is 0 Å². The van der Waals surface area contributed by atoms with E-state index in [-0.39, 0.29) is 10.7 Å². The number of carbonyl (C=O) groups is 1. The third-order valence-electron chi connectivity index (χ3n) is 1.52. The van der Waals surface area contributed by atoms with Crippen molar-refractivity contribution in [3.63, 3.8) is 0 Å². The van der Waals surface area contributed by atoms with Crippen LogP contribution in [0.5, 0.6) is 0 Å². The van der Waals surface area contributed by atoms with Crippen molar-refractivity contribution < 1.29 is 4.79 Å². The van der Waals surface area contributed by atoms with Gasteiger partial charge in [0.2, 0.25) is 5.91 Å². The summed E-state index contributed by atoms with van der Waals surface area (Å²) in [7, 11) is 3.56. The zero-order valence-corrected chi connectivity index (χ0v) is 9.02. The van der Waals surface area contributed by atoms with E-state index in [2.05, 4.69) is 22.9 Å². The number of hydrogen-bond donors (Lipinski definition) is 0. The fourth-order valence-corrected chi connectivity index (χ4v) is 1.52. The van der Waals surface area contributed by atoms with Crippen molar-refractivity contribution in [3.8, 4) is 0 Å². The van der Waals surface area contributed by atoms with Crippen molar-refractivity contribution in [2.24, 2.45) is 0 Å². The average Bonchev–Trinajstić information content (AvgIpc) is 1.98. The first-order valence-electron chi connectivity index (χ1n) is 3.94. The monoisotopic (exact) mass is 221 g/mol. The van der Waals surface area contributed by atoms with E-state index < -0.39 is 0 Å². The second-order valence-corrected chi connectivity index (χ2v) is 3.95. The number of unbranched alkanes of at least 4 members (excludes halogenated alkanes) is 1. The van der Waals surface area contributed by atoms with Gasteiger partial charge in [-0.2, -0.15) is 0 Å². The largest absolute Gasteiger partial charge is 0.348 e. The molecule has 0 bridgehead atoms. The van der Waals surface area contributed by atoms with Crippen molar-refractivity contribution in [1.29, 1.82) is 0 Å². The first kappa shape index (κ1) is 11.0. The molecule has 2 nitrogen and oxygen atoms in total. The summed E-state index contributed by atoms with van der Waals surface area (Å²) in [6, 6.07) is 0. The van der Waals surface area contributed by atoms with Crippen LogP contribution in [0.15, 0.2) is 0 Å². The Kier molecular flexibility index (Phi) is 5.56. The molecular formula is C8H16BrNO. The number of carbonyl (C=O) groups excluding carboxylic acids is 1. The quantitative estimate of drug-likeness (QED) is 0.666. The molecule has 11 heavy (non-hydrogen) atoms. The van der Waals surface area contributed by atoms with E-state index >= 15 is 0 Å². The predicted octanol–water partition coefficient (Wildman–Crippen LogP) is 2.03. The van der Waals surface area contributed by atoms with E-state index in [1.807, 2.05) is 0 Å². The Labute approximate surface area is 77.1 Å². The summed E-state index contributed by atoms with van der Waals surface area (Å²) in [5.74, 6) is 0.165. The maximum Gasteiger partial charge on any atom is 0.235 e. The van der Waals surface area contributed by atoms with Crippen molar-refractivity contribution in [1.82, 2.24) is 4.90 Å². The lowest BCUT2D eigenvalue weighted by molar-refractivity contribution is -0.128. The molecule has 0 aromatic rings. The summed E-state index contributed by atoms with van der Waals surface area (Å²) in [5, 5.41) is 0. The summed E-state index contributed by atoms with van der Waals surface area (Å²) in [4.78, 5) is 12.9. The van der Waals surface area contributed by atoms with Crippen LogP contribution in [0.1, 0.15) is 26.2 Å². The van der Waals surface area contributed by atoms with E-state index in [9.17, 15) is 4.79 Å². The maximum absolute atomic E-state index is 11.2. The summed E-state index contributed by atoms with van der Waals surface area (Å²) < 4.78 is 0. The van der Waals surface area contributed by atoms with Crippen molar-refractivity contribution >= 4 is 21.8 Å². The van der Waals surface area contributed by atoms with E-state index in [1.54, 1.807) is 19.0 Å². The Balaban J connectivity index is 3.64. The maximum atomic E-state index is 11.2. The minimum absolute atomic E-state index is 0.0115. The fraction of sp³-hybridized carbons (Fsp3) is 0.875. The van der Waals surface area contributed by atoms with Crippen LogP contribution in [0.25, 0.3) is 0 Å². The molecule has 0 aromatic heterocycles. The molecule has 0 aliphatic heterocycles. The number of hydrogen-bond acceptors (Lipinski definition) is 1. The number of rotatable bonds is 4. The Morgan fingerprint density at radius 1 is 1.55 bits per heavy atom. The number of amides is 1. The molecule has 0 N–H and O–H groups in total. The molecule has 0 saturated carbocycles. The summed E-state index contributed by atoms with van der Waals surface area (Å²) in [5.41, 5.74) is 0. The molecule has 1 amide bonds. The summed E-state index contributed by atoms with van der Waals surface area (Å²) in [6.45, 7) is 2.12. The highest BCUT2D eigenvalue weighted by atomic mass is 79.9. The molecule has 66 valence electrons. The Morgan fingerprint density at radius 3 is 2.45 bits per heavy atom. The molecular weight excluding hydrogens is 206 g/mol. The Morgan fingerprint density at radius 2 is 2.09 bits per heavy atom. The molecule has 0 rings (SSSR count). The molecule has 0 radical (unpaired) electrons. The molecule has 0 aliphatic rings. The molecule has 0 heterocycles. The van der Waals surface area contributed by atoms with Gasteiger partial charge in [0.15, 0.2) is 0 Å². The highest BCUT2D eigenvalue weighted by Gasteiger charge is 2.14. The van der Waals surface area contributed by atoms with Crippen LogP contribution in [0.3, 0.4) is 0 Å². The van der Waals surface area contributed by atoms with Gasteiger partial charge in [-0.1, -0.05) is 35.7 Å². The zero-order chi connectivity index (χ0) is 8.85. The minimum Gasteiger partial charge on any atom is -0.348 e. The lowest BCUT2D eigenvalue weighted by atomic mass is 10.2. The van der Waals surface area contributed by atoms with Crippen LogP contribution < -0.4 is 0 Å². The fourth-order valence-electron chi connectivity index (χ4n) is 0.787. The summed E-state index contributed by atoms with van der Waals surface area (Å²) in [6.07, 6.45) is 3.19. The molecule has 0 aliphatic carbocycles. The molecule has 0 aromatic carbocycles. The Hall–Kier alpha value is -0.0500.